The van der Waals surface area contributed by atoms with Gasteiger partial charge in [0.1, 0.15) is 6.61 Å². The van der Waals surface area contributed by atoms with Gasteiger partial charge in [0.05, 0.1) is 0 Å². The van der Waals surface area contributed by atoms with Crippen LogP contribution in [-0.2, 0) is 14.6 Å². The Hall–Kier alpha value is -0.870. The first-order valence-electron chi connectivity index (χ1n) is 6.34. The van der Waals surface area contributed by atoms with Crippen LogP contribution in [0.25, 0.3) is 0 Å². The average molecular weight is 244 g/mol. The predicted molar refractivity (Wildman–Crippen MR) is 66.7 cm³/mol. The molecule has 0 aliphatic heterocycles. The van der Waals surface area contributed by atoms with Crippen molar-refractivity contribution in [2.45, 2.75) is 58.0 Å². The minimum absolute atomic E-state index is 0.209. The van der Waals surface area contributed by atoms with Crippen LogP contribution in [0.1, 0.15) is 51.9 Å². The first-order valence-corrected chi connectivity index (χ1v) is 6.34. The van der Waals surface area contributed by atoms with Crippen molar-refractivity contribution in [3.8, 4) is 0 Å². The standard InChI is InChI=1S/C13H24O4/c1-3-5-6-7-8-9-10-12(13(14)15)17-16-11-4-2/h4,12H,2-3,5-11H2,1H3,(H,14,15). The van der Waals surface area contributed by atoms with Gasteiger partial charge in [-0.2, -0.15) is 0 Å². The Labute approximate surface area is 104 Å². The molecule has 100 valence electrons. The van der Waals surface area contributed by atoms with Crippen molar-refractivity contribution in [2.75, 3.05) is 6.61 Å². The van der Waals surface area contributed by atoms with Crippen LogP contribution in [0, 0.1) is 0 Å². The summed E-state index contributed by atoms with van der Waals surface area (Å²) in [7, 11) is 0. The topological polar surface area (TPSA) is 55.8 Å². The van der Waals surface area contributed by atoms with Gasteiger partial charge in [0.25, 0.3) is 0 Å². The second-order valence-corrected chi connectivity index (χ2v) is 4.05. The predicted octanol–water partition coefficient (Wildman–Crippen LogP) is 3.32. The Kier molecular flexibility index (Phi) is 11.0. The summed E-state index contributed by atoms with van der Waals surface area (Å²) in [5.41, 5.74) is 0. The third kappa shape index (κ3) is 10.0. The van der Waals surface area contributed by atoms with Crippen molar-refractivity contribution in [3.63, 3.8) is 0 Å². The molecule has 0 fully saturated rings. The van der Waals surface area contributed by atoms with E-state index < -0.39 is 12.1 Å². The molecule has 0 radical (unpaired) electrons. The first kappa shape index (κ1) is 16.1. The lowest BCUT2D eigenvalue weighted by Gasteiger charge is -2.11. The molecule has 0 bridgehead atoms. The molecule has 0 aromatic heterocycles. The molecule has 0 heterocycles. The summed E-state index contributed by atoms with van der Waals surface area (Å²) in [4.78, 5) is 20.3. The lowest BCUT2D eigenvalue weighted by Crippen LogP contribution is -2.24. The van der Waals surface area contributed by atoms with E-state index in [0.29, 0.717) is 6.42 Å². The number of hydrogen-bond donors (Lipinski definition) is 1. The molecule has 1 atom stereocenters. The van der Waals surface area contributed by atoms with Gasteiger partial charge >= 0.3 is 5.97 Å². The molecule has 4 heteroatoms. The van der Waals surface area contributed by atoms with Crippen LogP contribution in [0.3, 0.4) is 0 Å². The maximum Gasteiger partial charge on any atom is 0.336 e. The Morgan fingerprint density at radius 3 is 2.53 bits per heavy atom. The van der Waals surface area contributed by atoms with E-state index in [-0.39, 0.29) is 6.61 Å². The average Bonchev–Trinajstić information content (AvgIpc) is 2.31. The highest BCUT2D eigenvalue weighted by molar-refractivity contribution is 5.72. The summed E-state index contributed by atoms with van der Waals surface area (Å²) in [6.45, 7) is 5.83. The van der Waals surface area contributed by atoms with Gasteiger partial charge in [0, 0.05) is 0 Å². The van der Waals surface area contributed by atoms with Gasteiger partial charge in [0.2, 0.25) is 0 Å². The Morgan fingerprint density at radius 1 is 1.29 bits per heavy atom. The number of carbonyl (C=O) groups is 1. The van der Waals surface area contributed by atoms with Gasteiger partial charge in [-0.05, 0) is 6.42 Å². The van der Waals surface area contributed by atoms with Gasteiger partial charge in [-0.3, -0.25) is 0 Å². The number of carboxylic acid groups (broad SMARTS) is 1. The Morgan fingerprint density at radius 2 is 1.94 bits per heavy atom. The summed E-state index contributed by atoms with van der Waals surface area (Å²) in [5.74, 6) is -0.970. The second-order valence-electron chi connectivity index (χ2n) is 4.05. The van der Waals surface area contributed by atoms with Crippen molar-refractivity contribution in [1.82, 2.24) is 0 Å². The normalized spacial score (nSPS) is 12.3. The van der Waals surface area contributed by atoms with Gasteiger partial charge in [-0.25, -0.2) is 14.6 Å². The third-order valence-electron chi connectivity index (χ3n) is 2.47. The van der Waals surface area contributed by atoms with Gasteiger partial charge in [0.15, 0.2) is 6.10 Å². The fourth-order valence-corrected chi connectivity index (χ4v) is 1.49. The lowest BCUT2D eigenvalue weighted by molar-refractivity contribution is -0.313. The van der Waals surface area contributed by atoms with Crippen molar-refractivity contribution >= 4 is 5.97 Å². The zero-order chi connectivity index (χ0) is 12.9. The molecule has 1 unspecified atom stereocenters. The van der Waals surface area contributed by atoms with E-state index in [1.807, 2.05) is 0 Å². The van der Waals surface area contributed by atoms with Crippen molar-refractivity contribution < 1.29 is 19.7 Å². The number of unbranched alkanes of at least 4 members (excludes halogenated alkanes) is 5. The second kappa shape index (κ2) is 11.6. The maximum absolute atomic E-state index is 10.8. The lowest BCUT2D eigenvalue weighted by atomic mass is 10.1. The van der Waals surface area contributed by atoms with Crippen molar-refractivity contribution in [3.05, 3.63) is 12.7 Å². The van der Waals surface area contributed by atoms with E-state index in [9.17, 15) is 4.79 Å². The molecule has 0 spiro atoms. The highest BCUT2D eigenvalue weighted by Crippen LogP contribution is 2.11. The monoisotopic (exact) mass is 244 g/mol. The maximum atomic E-state index is 10.8. The van der Waals surface area contributed by atoms with Crippen molar-refractivity contribution in [1.29, 1.82) is 0 Å². The molecule has 0 aromatic carbocycles. The highest BCUT2D eigenvalue weighted by Gasteiger charge is 2.18. The Bertz CT molecular complexity index is 204. The summed E-state index contributed by atoms with van der Waals surface area (Å²) < 4.78 is 0. The van der Waals surface area contributed by atoms with Crippen LogP contribution in [0.15, 0.2) is 12.7 Å². The van der Waals surface area contributed by atoms with Gasteiger partial charge < -0.3 is 5.11 Å². The smallest absolute Gasteiger partial charge is 0.336 e. The molecule has 0 aliphatic rings. The molecule has 4 nitrogen and oxygen atoms in total. The SMILES string of the molecule is C=CCOOC(CCCCCCCC)C(=O)O. The zero-order valence-electron chi connectivity index (χ0n) is 10.7. The van der Waals surface area contributed by atoms with Crippen LogP contribution in [0.5, 0.6) is 0 Å². The van der Waals surface area contributed by atoms with E-state index in [1.165, 1.54) is 25.3 Å². The molecule has 0 saturated heterocycles. The number of hydrogen-bond acceptors (Lipinski definition) is 3. The van der Waals surface area contributed by atoms with E-state index in [4.69, 9.17) is 14.9 Å². The molecule has 0 aromatic rings. The largest absolute Gasteiger partial charge is 0.479 e. The van der Waals surface area contributed by atoms with E-state index in [0.717, 1.165) is 19.3 Å². The number of rotatable bonds is 12. The minimum atomic E-state index is -0.970. The fourth-order valence-electron chi connectivity index (χ4n) is 1.49. The molecular weight excluding hydrogens is 220 g/mol. The zero-order valence-corrected chi connectivity index (χ0v) is 10.7. The van der Waals surface area contributed by atoms with Crippen LogP contribution in [-0.4, -0.2) is 23.8 Å². The molecule has 0 aliphatic carbocycles. The van der Waals surface area contributed by atoms with Crippen LogP contribution >= 0.6 is 0 Å². The Balaban J connectivity index is 3.55. The molecule has 17 heavy (non-hydrogen) atoms. The summed E-state index contributed by atoms with van der Waals surface area (Å²) in [6.07, 6.45) is 7.92. The fraction of sp³-hybridized carbons (Fsp3) is 0.769. The van der Waals surface area contributed by atoms with E-state index in [1.54, 1.807) is 0 Å². The number of aliphatic carboxylic acids is 1. The molecule has 0 saturated carbocycles. The van der Waals surface area contributed by atoms with Crippen molar-refractivity contribution in [2.24, 2.45) is 0 Å². The summed E-state index contributed by atoms with van der Waals surface area (Å²) in [6, 6.07) is 0. The minimum Gasteiger partial charge on any atom is -0.479 e. The molecule has 1 N–H and O–H groups in total. The van der Waals surface area contributed by atoms with Gasteiger partial charge in [-0.15, -0.1) is 6.58 Å². The summed E-state index contributed by atoms with van der Waals surface area (Å²) in [5, 5.41) is 8.88. The first-order chi connectivity index (χ1) is 8.22. The molecule has 0 rings (SSSR count). The molecular formula is C13H24O4. The number of carboxylic acids is 1. The quantitative estimate of drug-likeness (QED) is 0.247. The van der Waals surface area contributed by atoms with Gasteiger partial charge in [-0.1, -0.05) is 51.5 Å². The van der Waals surface area contributed by atoms with E-state index >= 15 is 0 Å². The molecule has 0 amide bonds. The van der Waals surface area contributed by atoms with Crippen LogP contribution in [0.4, 0.5) is 0 Å². The summed E-state index contributed by atoms with van der Waals surface area (Å²) >= 11 is 0. The van der Waals surface area contributed by atoms with Crippen LogP contribution in [0.2, 0.25) is 0 Å². The highest BCUT2D eigenvalue weighted by atomic mass is 17.2. The van der Waals surface area contributed by atoms with E-state index in [2.05, 4.69) is 13.5 Å². The third-order valence-corrected chi connectivity index (χ3v) is 2.47. The van der Waals surface area contributed by atoms with Crippen LogP contribution < -0.4 is 0 Å².